The third-order valence-electron chi connectivity index (χ3n) is 12.8. The minimum Gasteiger partial charge on any atom is -0.383 e. The highest BCUT2D eigenvalue weighted by molar-refractivity contribution is 6.05. The number of ketones is 1. The second-order valence-corrected chi connectivity index (χ2v) is 18.1. The second-order valence-electron chi connectivity index (χ2n) is 18.1. The van der Waals surface area contributed by atoms with Crippen LogP contribution in [0.4, 0.5) is 34.8 Å². The molecule has 2 fully saturated rings. The van der Waals surface area contributed by atoms with Gasteiger partial charge in [-0.15, -0.1) is 0 Å². The van der Waals surface area contributed by atoms with Gasteiger partial charge in [0, 0.05) is 80.1 Å². The highest BCUT2D eigenvalue weighted by Crippen LogP contribution is 2.41. The number of aliphatic hydroxyl groups is 1. The lowest BCUT2D eigenvalue weighted by atomic mass is 9.93. The van der Waals surface area contributed by atoms with Gasteiger partial charge in [-0.05, 0) is 93.6 Å². The Morgan fingerprint density at radius 3 is 1.97 bits per heavy atom. The monoisotopic (exact) mass is 994 g/mol. The van der Waals surface area contributed by atoms with Gasteiger partial charge in [-0.2, -0.15) is 4.98 Å². The second kappa shape index (κ2) is 27.6. The number of nitrogens with zero attached hydrogens (tertiary/aromatic N) is 7. The third-order valence-corrected chi connectivity index (χ3v) is 12.8. The quantitative estimate of drug-likeness (QED) is 0.0484. The summed E-state index contributed by atoms with van der Waals surface area (Å²) in [5.74, 6) is 1.73. The molecule has 0 spiro atoms. The minimum absolute atomic E-state index is 0.0340. The largest absolute Gasteiger partial charge is 0.383 e. The summed E-state index contributed by atoms with van der Waals surface area (Å²) in [5, 5.41) is 23.7. The van der Waals surface area contributed by atoms with Gasteiger partial charge in [0.25, 0.3) is 5.91 Å². The summed E-state index contributed by atoms with van der Waals surface area (Å²) < 4.78 is 28.0. The first-order valence-electron chi connectivity index (χ1n) is 25.0. The van der Waals surface area contributed by atoms with E-state index in [4.69, 9.17) is 28.7 Å². The highest BCUT2D eigenvalue weighted by Gasteiger charge is 2.39. The van der Waals surface area contributed by atoms with Gasteiger partial charge in [-0.3, -0.25) is 19.3 Å². The summed E-state index contributed by atoms with van der Waals surface area (Å²) in [6.45, 7) is 16.1. The van der Waals surface area contributed by atoms with Crippen LogP contribution < -0.4 is 31.1 Å². The summed E-state index contributed by atoms with van der Waals surface area (Å²) in [4.78, 5) is 62.4. The molecule has 1 unspecified atom stereocenters. The lowest BCUT2D eigenvalue weighted by molar-refractivity contribution is -0.122. The third kappa shape index (κ3) is 15.7. The predicted molar refractivity (Wildman–Crippen MR) is 276 cm³/mol. The molecule has 5 N–H and O–H groups in total. The first-order chi connectivity index (χ1) is 35.0. The van der Waals surface area contributed by atoms with Gasteiger partial charge < -0.3 is 59.9 Å². The molecule has 388 valence electrons. The fourth-order valence-electron chi connectivity index (χ4n) is 8.94. The maximum absolute atomic E-state index is 12.7. The molecule has 2 aliphatic heterocycles. The Balaban J connectivity index is 0.654. The van der Waals surface area contributed by atoms with Crippen molar-refractivity contribution in [3.63, 3.8) is 0 Å². The number of rotatable bonds is 28. The van der Waals surface area contributed by atoms with Crippen molar-refractivity contribution < 1.29 is 43.2 Å². The number of pyridine rings is 2. The molecule has 72 heavy (non-hydrogen) atoms. The van der Waals surface area contributed by atoms with Crippen molar-refractivity contribution in [2.24, 2.45) is 0 Å². The molecule has 3 aromatic heterocycles. The van der Waals surface area contributed by atoms with Crippen LogP contribution >= 0.6 is 0 Å². The molecule has 3 aliphatic rings. The topological polar surface area (TPSA) is 227 Å². The van der Waals surface area contributed by atoms with E-state index in [1.165, 1.54) is 6.92 Å². The average Bonchev–Trinajstić information content (AvgIpc) is 3.90. The van der Waals surface area contributed by atoms with Crippen LogP contribution in [0, 0.1) is 13.8 Å². The number of ether oxygens (including phenoxy) is 5. The summed E-state index contributed by atoms with van der Waals surface area (Å²) in [5.41, 5.74) is 6.25. The minimum atomic E-state index is -1.04. The maximum atomic E-state index is 12.7. The van der Waals surface area contributed by atoms with Gasteiger partial charge in [-0.1, -0.05) is 18.9 Å². The Morgan fingerprint density at radius 2 is 1.36 bits per heavy atom. The highest BCUT2D eigenvalue weighted by atomic mass is 16.6. The maximum Gasteiger partial charge on any atom is 0.257 e. The molecular formula is C52H71N11O9. The van der Waals surface area contributed by atoms with E-state index in [1.54, 1.807) is 24.5 Å². The Morgan fingerprint density at radius 1 is 0.722 bits per heavy atom. The number of nitrogens with one attached hydrogen (secondary N) is 4. The first kappa shape index (κ1) is 53.7. The van der Waals surface area contributed by atoms with E-state index in [9.17, 15) is 19.5 Å². The van der Waals surface area contributed by atoms with Gasteiger partial charge in [0.05, 0.1) is 84.5 Å². The molecule has 5 heterocycles. The fraction of sp³-hybridized carbons (Fsp3) is 0.519. The van der Waals surface area contributed by atoms with Crippen LogP contribution in [0.5, 0.6) is 0 Å². The average molecular weight is 994 g/mol. The molecule has 2 amide bonds. The number of aromatic nitrogens is 4. The van der Waals surface area contributed by atoms with Crippen LogP contribution in [-0.4, -0.2) is 172 Å². The number of carbonyl (C=O) groups excluding carboxylic acids is 3. The zero-order chi connectivity index (χ0) is 50.7. The van der Waals surface area contributed by atoms with Crippen LogP contribution in [0.3, 0.4) is 0 Å². The van der Waals surface area contributed by atoms with Gasteiger partial charge in [0.15, 0.2) is 12.0 Å². The normalized spacial score (nSPS) is 16.2. The van der Waals surface area contributed by atoms with E-state index < -0.39 is 6.23 Å². The zero-order valence-electron chi connectivity index (χ0n) is 42.1. The fourth-order valence-corrected chi connectivity index (χ4v) is 8.94. The molecule has 1 aromatic carbocycles. The molecule has 1 aliphatic carbocycles. The van der Waals surface area contributed by atoms with Crippen molar-refractivity contribution in [2.75, 3.05) is 138 Å². The number of amides is 2. The van der Waals surface area contributed by atoms with Crippen molar-refractivity contribution >= 4 is 57.9 Å². The summed E-state index contributed by atoms with van der Waals surface area (Å²) in [6.07, 6.45) is 8.23. The summed E-state index contributed by atoms with van der Waals surface area (Å²) in [6, 6.07) is 13.3. The summed E-state index contributed by atoms with van der Waals surface area (Å²) in [7, 11) is 0. The molecule has 1 atom stereocenters. The van der Waals surface area contributed by atoms with E-state index in [0.717, 1.165) is 79.9 Å². The van der Waals surface area contributed by atoms with Crippen LogP contribution in [0.25, 0.3) is 5.57 Å². The van der Waals surface area contributed by atoms with Crippen molar-refractivity contribution in [3.8, 4) is 0 Å². The molecule has 1 saturated carbocycles. The van der Waals surface area contributed by atoms with E-state index in [-0.39, 0.29) is 23.6 Å². The number of hydrogen-bond acceptors (Lipinski definition) is 18. The molecule has 1 saturated heterocycles. The molecular weight excluding hydrogens is 923 g/mol. The number of anilines is 6. The molecule has 0 bridgehead atoms. The lowest BCUT2D eigenvalue weighted by Gasteiger charge is -2.40. The van der Waals surface area contributed by atoms with Crippen LogP contribution in [-0.2, 0) is 33.3 Å². The van der Waals surface area contributed by atoms with E-state index in [2.05, 4.69) is 46.0 Å². The molecule has 20 nitrogen and oxygen atoms in total. The van der Waals surface area contributed by atoms with Crippen molar-refractivity contribution in [2.45, 2.75) is 65.6 Å². The van der Waals surface area contributed by atoms with E-state index in [0.29, 0.717) is 126 Å². The Bertz CT molecular complexity index is 2410. The van der Waals surface area contributed by atoms with E-state index >= 15 is 0 Å². The predicted octanol–water partition coefficient (Wildman–Crippen LogP) is 4.76. The lowest BCUT2D eigenvalue weighted by Crippen LogP contribution is -2.49. The number of carbonyl (C=O) groups is 3. The number of piperazine rings is 1. The van der Waals surface area contributed by atoms with E-state index in [1.807, 2.05) is 62.2 Å². The molecule has 4 aromatic rings. The number of aliphatic hydroxyl groups excluding tert-OH is 1. The Kier molecular flexibility index (Phi) is 20.6. The number of hydrogen-bond donors (Lipinski definition) is 5. The summed E-state index contributed by atoms with van der Waals surface area (Å²) >= 11 is 0. The smallest absolute Gasteiger partial charge is 0.257 e. The molecule has 20 heteroatoms. The van der Waals surface area contributed by atoms with Crippen molar-refractivity contribution in [3.05, 3.63) is 88.9 Å². The number of allylic oxidation sites excluding steroid dienone is 1. The van der Waals surface area contributed by atoms with Crippen molar-refractivity contribution in [1.29, 1.82) is 0 Å². The standard InChI is InChI=1S/C52H71N11O9/c1-36-9-13-45(55-32-36)58-50(66)43-12-10-40(31-37(43)2)53-15-21-68-23-25-70-27-29-72-30-28-71-26-24-69-22-16-54-47(65)35-61-17-19-62(20-18-61)42-11-14-46(56-33-42)59-52-57-34-44-38(3)48(39(4)64)51(67)63(49(44)60-52)41-7-5-6-8-41/h9-14,31-34,41,51,53,67H,5-8,15-30,35H2,1-4H3,(H,54,65)(H,55,58,66)(H,56,57,59,60). The van der Waals surface area contributed by atoms with Crippen LogP contribution in [0.1, 0.15) is 66.6 Å². The van der Waals surface area contributed by atoms with Gasteiger partial charge >= 0.3 is 0 Å². The van der Waals surface area contributed by atoms with Crippen molar-refractivity contribution in [1.82, 2.24) is 30.2 Å². The Labute approximate surface area is 422 Å². The number of benzene rings is 1. The number of fused-ring (bicyclic) bond motifs is 1. The van der Waals surface area contributed by atoms with Gasteiger partial charge in [-0.25, -0.2) is 15.0 Å². The zero-order valence-corrected chi connectivity index (χ0v) is 42.1. The molecule has 7 rings (SSSR count). The van der Waals surface area contributed by atoms with Gasteiger partial charge in [0.2, 0.25) is 11.9 Å². The SMILES string of the molecule is CC(=O)C1=C(C)c2cnc(Nc3ccc(N4CCN(CC(=O)NCCOCCOCCOCCOCCOCCNc5ccc(C(=O)Nc6ccc(C)cn6)c(C)c5)CC4)cn3)nc2N(C2CCCC2)C1O. The molecule has 0 radical (unpaired) electrons. The van der Waals surface area contributed by atoms with Gasteiger partial charge in [0.1, 0.15) is 17.5 Å². The number of Topliss-reactive ketones (excluding diaryl/α,β-unsaturated/α-hetero) is 1. The van der Waals surface area contributed by atoms with Crippen LogP contribution in [0.2, 0.25) is 0 Å². The number of aryl methyl sites for hydroxylation is 2. The first-order valence-corrected chi connectivity index (χ1v) is 25.0. The van der Waals surface area contributed by atoms with Crippen LogP contribution in [0.15, 0.2) is 66.6 Å². The Hall–Kier alpha value is -6.13.